The van der Waals surface area contributed by atoms with Gasteiger partial charge in [0.15, 0.2) is 5.16 Å². The molecule has 1 heterocycles. The third-order valence-electron chi connectivity index (χ3n) is 3.03. The highest BCUT2D eigenvalue weighted by atomic mass is 32.2. The number of hydrogen-bond acceptors (Lipinski definition) is 5. The summed E-state index contributed by atoms with van der Waals surface area (Å²) in [6.07, 6.45) is 3.63. The Morgan fingerprint density at radius 3 is 2.86 bits per heavy atom. The van der Waals surface area contributed by atoms with Crippen molar-refractivity contribution < 1.29 is 14.3 Å². The van der Waals surface area contributed by atoms with Gasteiger partial charge >= 0.3 is 0 Å². The van der Waals surface area contributed by atoms with E-state index in [1.807, 2.05) is 17.7 Å². The maximum absolute atomic E-state index is 12.1. The number of amides is 1. The second-order valence-electron chi connectivity index (χ2n) is 4.40. The second kappa shape index (κ2) is 7.74. The Morgan fingerprint density at radius 1 is 1.36 bits per heavy atom. The average molecular weight is 321 g/mol. The minimum Gasteiger partial charge on any atom is -0.497 e. The molecule has 2 rings (SSSR count). The quantitative estimate of drug-likeness (QED) is 0.794. The van der Waals surface area contributed by atoms with Gasteiger partial charge in [-0.05, 0) is 19.1 Å². The normalized spacial score (nSPS) is 10.3. The molecule has 0 saturated carbocycles. The fourth-order valence-corrected chi connectivity index (χ4v) is 2.72. The molecular weight excluding hydrogens is 302 g/mol. The zero-order valence-corrected chi connectivity index (χ0v) is 13.6. The average Bonchev–Trinajstić information content (AvgIpc) is 3.00. The monoisotopic (exact) mass is 321 g/mol. The number of imidazole rings is 1. The lowest BCUT2D eigenvalue weighted by atomic mass is 10.2. The maximum Gasteiger partial charge on any atom is 0.234 e. The van der Waals surface area contributed by atoms with Crippen molar-refractivity contribution in [3.8, 4) is 11.5 Å². The van der Waals surface area contributed by atoms with E-state index >= 15 is 0 Å². The van der Waals surface area contributed by atoms with Crippen molar-refractivity contribution in [3.63, 3.8) is 0 Å². The highest BCUT2D eigenvalue weighted by Gasteiger charge is 2.11. The van der Waals surface area contributed by atoms with E-state index in [0.717, 1.165) is 11.7 Å². The third kappa shape index (κ3) is 3.94. The van der Waals surface area contributed by atoms with Crippen LogP contribution in [0.4, 0.5) is 5.69 Å². The summed E-state index contributed by atoms with van der Waals surface area (Å²) in [6, 6.07) is 5.26. The molecule has 0 spiro atoms. The molecular formula is C15H19N3O3S. The van der Waals surface area contributed by atoms with Crippen LogP contribution in [-0.2, 0) is 11.3 Å². The van der Waals surface area contributed by atoms with Gasteiger partial charge in [0.1, 0.15) is 11.5 Å². The van der Waals surface area contributed by atoms with Crippen LogP contribution in [0.5, 0.6) is 11.5 Å². The molecule has 7 heteroatoms. The molecule has 1 aromatic carbocycles. The van der Waals surface area contributed by atoms with Crippen molar-refractivity contribution in [3.05, 3.63) is 30.6 Å². The van der Waals surface area contributed by atoms with Crippen LogP contribution in [0.2, 0.25) is 0 Å². The molecule has 0 fully saturated rings. The molecule has 0 aliphatic heterocycles. The number of benzene rings is 1. The number of carbonyl (C=O) groups is 1. The van der Waals surface area contributed by atoms with E-state index in [-0.39, 0.29) is 11.7 Å². The van der Waals surface area contributed by atoms with Gasteiger partial charge in [0, 0.05) is 25.0 Å². The zero-order valence-electron chi connectivity index (χ0n) is 12.8. The van der Waals surface area contributed by atoms with Crippen molar-refractivity contribution in [2.75, 3.05) is 25.3 Å². The zero-order chi connectivity index (χ0) is 15.9. The molecule has 0 saturated heterocycles. The van der Waals surface area contributed by atoms with Crippen LogP contribution in [0.15, 0.2) is 35.7 Å². The van der Waals surface area contributed by atoms with E-state index in [0.29, 0.717) is 17.2 Å². The number of nitrogens with one attached hydrogen (secondary N) is 1. The number of anilines is 1. The van der Waals surface area contributed by atoms with Gasteiger partial charge in [0.05, 0.1) is 25.7 Å². The fourth-order valence-electron chi connectivity index (χ4n) is 1.89. The first-order valence-corrected chi connectivity index (χ1v) is 7.82. The number of aromatic nitrogens is 2. The number of ether oxygens (including phenoxy) is 2. The third-order valence-corrected chi connectivity index (χ3v) is 4.04. The molecule has 2 aromatic rings. The topological polar surface area (TPSA) is 65.4 Å². The number of nitrogens with zero attached hydrogens (tertiary/aromatic N) is 2. The van der Waals surface area contributed by atoms with Crippen LogP contribution in [0.3, 0.4) is 0 Å². The molecule has 1 amide bonds. The molecule has 0 aliphatic rings. The summed E-state index contributed by atoms with van der Waals surface area (Å²) in [4.78, 5) is 16.3. The number of thioether (sulfide) groups is 1. The standard InChI is InChI=1S/C15H19N3O3S/c1-4-18-8-7-16-15(18)22-10-14(19)17-12-6-5-11(20-2)9-13(12)21-3/h5-9H,4,10H2,1-3H3,(H,17,19). The predicted molar refractivity (Wildman–Crippen MR) is 86.8 cm³/mol. The van der Waals surface area contributed by atoms with Crippen LogP contribution in [0.1, 0.15) is 6.92 Å². The molecule has 6 nitrogen and oxygen atoms in total. The summed E-state index contributed by atoms with van der Waals surface area (Å²) in [5.74, 6) is 1.41. The first-order chi connectivity index (χ1) is 10.7. The van der Waals surface area contributed by atoms with Crippen molar-refractivity contribution >= 4 is 23.4 Å². The number of methoxy groups -OCH3 is 2. The molecule has 0 radical (unpaired) electrons. The Labute approximate surface area is 133 Å². The number of aryl methyl sites for hydroxylation is 1. The molecule has 0 atom stereocenters. The summed E-state index contributed by atoms with van der Waals surface area (Å²) in [5.41, 5.74) is 0.618. The first kappa shape index (κ1) is 16.2. The van der Waals surface area contributed by atoms with Crippen molar-refractivity contribution in [1.82, 2.24) is 9.55 Å². The van der Waals surface area contributed by atoms with Crippen molar-refractivity contribution in [1.29, 1.82) is 0 Å². The van der Waals surface area contributed by atoms with E-state index in [9.17, 15) is 4.79 Å². The van der Waals surface area contributed by atoms with E-state index < -0.39 is 0 Å². The second-order valence-corrected chi connectivity index (χ2v) is 5.34. The molecule has 22 heavy (non-hydrogen) atoms. The largest absolute Gasteiger partial charge is 0.497 e. The summed E-state index contributed by atoms with van der Waals surface area (Å²) >= 11 is 1.40. The van der Waals surface area contributed by atoms with Gasteiger partial charge in [-0.1, -0.05) is 11.8 Å². The van der Waals surface area contributed by atoms with E-state index in [2.05, 4.69) is 10.3 Å². The number of rotatable bonds is 7. The summed E-state index contributed by atoms with van der Waals surface area (Å²) in [6.45, 7) is 2.87. The van der Waals surface area contributed by atoms with Crippen LogP contribution >= 0.6 is 11.8 Å². The molecule has 1 N–H and O–H groups in total. The van der Waals surface area contributed by atoms with Crippen LogP contribution in [-0.4, -0.2) is 35.4 Å². The van der Waals surface area contributed by atoms with Gasteiger partial charge in [-0.15, -0.1) is 0 Å². The maximum atomic E-state index is 12.1. The van der Waals surface area contributed by atoms with Gasteiger partial charge in [-0.3, -0.25) is 4.79 Å². The lowest BCUT2D eigenvalue weighted by molar-refractivity contribution is -0.113. The van der Waals surface area contributed by atoms with Gasteiger partial charge in [0.25, 0.3) is 0 Å². The van der Waals surface area contributed by atoms with Crippen LogP contribution < -0.4 is 14.8 Å². The minimum atomic E-state index is -0.112. The lowest BCUT2D eigenvalue weighted by Gasteiger charge is -2.11. The lowest BCUT2D eigenvalue weighted by Crippen LogP contribution is -2.15. The van der Waals surface area contributed by atoms with Crippen LogP contribution in [0, 0.1) is 0 Å². The molecule has 0 unspecified atom stereocenters. The van der Waals surface area contributed by atoms with E-state index in [1.54, 1.807) is 38.6 Å². The van der Waals surface area contributed by atoms with Gasteiger partial charge in [-0.25, -0.2) is 4.98 Å². The number of hydrogen-bond donors (Lipinski definition) is 1. The summed E-state index contributed by atoms with van der Waals surface area (Å²) < 4.78 is 12.4. The Balaban J connectivity index is 1.97. The van der Waals surface area contributed by atoms with Crippen molar-refractivity contribution in [2.24, 2.45) is 0 Å². The molecule has 0 aliphatic carbocycles. The SMILES string of the molecule is CCn1ccnc1SCC(=O)Nc1ccc(OC)cc1OC. The van der Waals surface area contributed by atoms with Gasteiger partial charge < -0.3 is 19.4 Å². The first-order valence-electron chi connectivity index (χ1n) is 6.83. The van der Waals surface area contributed by atoms with Gasteiger partial charge in [-0.2, -0.15) is 0 Å². The van der Waals surface area contributed by atoms with Crippen molar-refractivity contribution in [2.45, 2.75) is 18.6 Å². The van der Waals surface area contributed by atoms with E-state index in [4.69, 9.17) is 9.47 Å². The molecule has 0 bridgehead atoms. The molecule has 118 valence electrons. The Kier molecular flexibility index (Phi) is 5.71. The number of carbonyl (C=O) groups excluding carboxylic acids is 1. The van der Waals surface area contributed by atoms with Gasteiger partial charge in [0.2, 0.25) is 5.91 Å². The summed E-state index contributed by atoms with van der Waals surface area (Å²) in [7, 11) is 3.14. The molecule has 1 aromatic heterocycles. The fraction of sp³-hybridized carbons (Fsp3) is 0.333. The Morgan fingerprint density at radius 2 is 2.18 bits per heavy atom. The highest BCUT2D eigenvalue weighted by molar-refractivity contribution is 7.99. The Bertz CT molecular complexity index is 643. The highest BCUT2D eigenvalue weighted by Crippen LogP contribution is 2.29. The van der Waals surface area contributed by atoms with Crippen LogP contribution in [0.25, 0.3) is 0 Å². The smallest absolute Gasteiger partial charge is 0.234 e. The predicted octanol–water partition coefficient (Wildman–Crippen LogP) is 2.65. The minimum absolute atomic E-state index is 0.112. The Hall–Kier alpha value is -2.15. The summed E-state index contributed by atoms with van der Waals surface area (Å²) in [5, 5.41) is 3.67. The van der Waals surface area contributed by atoms with E-state index in [1.165, 1.54) is 11.8 Å².